The fraction of sp³-hybridized carbons (Fsp3) is 0.400. The van der Waals surface area contributed by atoms with Crippen LogP contribution in [0.3, 0.4) is 0 Å². The third-order valence-corrected chi connectivity index (χ3v) is 7.84. The van der Waals surface area contributed by atoms with Crippen molar-refractivity contribution in [1.82, 2.24) is 34.8 Å². The van der Waals surface area contributed by atoms with E-state index in [0.717, 1.165) is 5.56 Å². The van der Waals surface area contributed by atoms with Crippen LogP contribution in [0.2, 0.25) is 5.02 Å². The molecule has 1 fully saturated rings. The Morgan fingerprint density at radius 1 is 1.07 bits per heavy atom. The van der Waals surface area contributed by atoms with Crippen LogP contribution in [0.15, 0.2) is 67.5 Å². The Hall–Kier alpha value is -3.67. The Labute approximate surface area is 248 Å². The zero-order chi connectivity index (χ0) is 30.4. The number of aromatic nitrogens is 5. The van der Waals surface area contributed by atoms with Crippen LogP contribution in [0, 0.1) is 5.41 Å². The van der Waals surface area contributed by atoms with Crippen LogP contribution >= 0.6 is 11.6 Å². The Morgan fingerprint density at radius 2 is 1.79 bits per heavy atom. The second kappa shape index (κ2) is 10.9. The molecule has 1 aliphatic heterocycles. The lowest BCUT2D eigenvalue weighted by atomic mass is 9.75. The molecule has 5 rings (SSSR count). The van der Waals surface area contributed by atoms with Gasteiger partial charge in [-0.1, -0.05) is 62.7 Å². The predicted octanol–water partition coefficient (Wildman–Crippen LogP) is 5.71. The van der Waals surface area contributed by atoms with E-state index >= 15 is 0 Å². The number of aliphatic hydroxyl groups excluding tert-OH is 1. The molecule has 0 bridgehead atoms. The molecule has 4 aromatic rings. The fourth-order valence-electron chi connectivity index (χ4n) is 5.96. The molecular formula is C30H34ClF2N7O2. The average Bonchev–Trinajstić information content (AvgIpc) is 3.66. The van der Waals surface area contributed by atoms with E-state index in [9.17, 15) is 18.7 Å². The van der Waals surface area contributed by atoms with Gasteiger partial charge in [0.05, 0.1) is 35.2 Å². The largest absolute Gasteiger partial charge is 0.394 e. The predicted molar refractivity (Wildman–Crippen MR) is 155 cm³/mol. The number of nitrogens with zero attached hydrogens (tertiary/aromatic N) is 6. The summed E-state index contributed by atoms with van der Waals surface area (Å²) < 4.78 is 28.3. The van der Waals surface area contributed by atoms with Crippen LogP contribution in [-0.2, 0) is 10.3 Å². The van der Waals surface area contributed by atoms with E-state index < -0.39 is 23.8 Å². The highest BCUT2D eigenvalue weighted by molar-refractivity contribution is 6.32. The van der Waals surface area contributed by atoms with Gasteiger partial charge in [0.25, 0.3) is 0 Å². The maximum Gasteiger partial charge on any atom is 0.333 e. The molecule has 2 N–H and O–H groups in total. The third kappa shape index (κ3) is 5.44. The lowest BCUT2D eigenvalue weighted by Gasteiger charge is -2.37. The van der Waals surface area contributed by atoms with Gasteiger partial charge in [0.1, 0.15) is 18.2 Å². The zero-order valence-electron chi connectivity index (χ0n) is 24.1. The molecule has 1 aliphatic rings. The van der Waals surface area contributed by atoms with Crippen LogP contribution in [0.5, 0.6) is 0 Å². The number of benzene rings is 2. The number of carbonyl (C=O) groups is 1. The summed E-state index contributed by atoms with van der Waals surface area (Å²) in [6.45, 7) is 6.99. The minimum atomic E-state index is -2.73. The highest BCUT2D eigenvalue weighted by atomic mass is 35.5. The summed E-state index contributed by atoms with van der Waals surface area (Å²) in [6, 6.07) is 11.9. The van der Waals surface area contributed by atoms with E-state index in [0.29, 0.717) is 38.5 Å². The average molecular weight is 598 g/mol. The van der Waals surface area contributed by atoms with Crippen LogP contribution in [-0.4, -0.2) is 52.7 Å². The summed E-state index contributed by atoms with van der Waals surface area (Å²) in [5.74, 6) is -0.183. The quantitative estimate of drug-likeness (QED) is 0.270. The zero-order valence-corrected chi connectivity index (χ0v) is 24.8. The smallest absolute Gasteiger partial charge is 0.333 e. The molecule has 2 aromatic heterocycles. The minimum Gasteiger partial charge on any atom is -0.394 e. The molecule has 2 atom stereocenters. The summed E-state index contributed by atoms with van der Waals surface area (Å²) in [4.78, 5) is 20.4. The summed E-state index contributed by atoms with van der Waals surface area (Å²) in [5, 5.41) is 22.7. The van der Waals surface area contributed by atoms with Crippen molar-refractivity contribution >= 4 is 17.5 Å². The van der Waals surface area contributed by atoms with Gasteiger partial charge in [-0.15, -0.1) is 0 Å². The highest BCUT2D eigenvalue weighted by Crippen LogP contribution is 2.47. The van der Waals surface area contributed by atoms with Crippen molar-refractivity contribution in [3.8, 4) is 16.8 Å². The molecule has 42 heavy (non-hydrogen) atoms. The number of rotatable bonds is 8. The van der Waals surface area contributed by atoms with Gasteiger partial charge in [-0.3, -0.25) is 10.1 Å². The maximum atomic E-state index is 14.7. The maximum absolute atomic E-state index is 14.7. The van der Waals surface area contributed by atoms with Crippen molar-refractivity contribution < 1.29 is 18.7 Å². The molecule has 222 valence electrons. The van der Waals surface area contributed by atoms with Crippen molar-refractivity contribution in [3.63, 3.8) is 0 Å². The van der Waals surface area contributed by atoms with E-state index in [1.54, 1.807) is 23.1 Å². The molecular weight excluding hydrogens is 564 g/mol. The summed E-state index contributed by atoms with van der Waals surface area (Å²) in [7, 11) is 0. The van der Waals surface area contributed by atoms with Crippen LogP contribution in [0.1, 0.15) is 64.8 Å². The molecule has 0 spiro atoms. The second-order valence-corrected chi connectivity index (χ2v) is 12.7. The van der Waals surface area contributed by atoms with Gasteiger partial charge in [-0.2, -0.15) is 19.0 Å². The molecule has 0 unspecified atom stereocenters. The van der Waals surface area contributed by atoms with Crippen LogP contribution < -0.4 is 5.32 Å². The monoisotopic (exact) mass is 597 g/mol. The summed E-state index contributed by atoms with van der Waals surface area (Å²) in [5.41, 5.74) is 1.00. The number of hydrogen-bond donors (Lipinski definition) is 2. The summed E-state index contributed by atoms with van der Waals surface area (Å²) in [6.07, 6.45) is 6.08. The molecule has 0 radical (unpaired) electrons. The van der Waals surface area contributed by atoms with E-state index in [1.807, 2.05) is 38.1 Å². The van der Waals surface area contributed by atoms with Crippen LogP contribution in [0.25, 0.3) is 16.8 Å². The number of halogens is 3. The molecule has 12 heteroatoms. The van der Waals surface area contributed by atoms with Gasteiger partial charge in [-0.05, 0) is 54.5 Å². The van der Waals surface area contributed by atoms with Crippen molar-refractivity contribution in [1.29, 1.82) is 0 Å². The fourth-order valence-corrected chi connectivity index (χ4v) is 6.17. The third-order valence-electron chi connectivity index (χ3n) is 7.52. The number of carbonyl (C=O) groups excluding carboxylic acids is 1. The lowest BCUT2D eigenvalue weighted by Crippen LogP contribution is -2.51. The van der Waals surface area contributed by atoms with Crippen LogP contribution in [0.4, 0.5) is 8.78 Å². The van der Waals surface area contributed by atoms with Gasteiger partial charge in [0.2, 0.25) is 5.91 Å². The van der Waals surface area contributed by atoms with Gasteiger partial charge < -0.3 is 10.0 Å². The lowest BCUT2D eigenvalue weighted by molar-refractivity contribution is -0.139. The molecule has 1 amide bonds. The van der Waals surface area contributed by atoms with Crippen molar-refractivity contribution in [2.45, 2.75) is 64.8 Å². The summed E-state index contributed by atoms with van der Waals surface area (Å²) >= 11 is 6.47. The molecule has 0 saturated carbocycles. The number of aliphatic hydroxyl groups is 1. The first kappa shape index (κ1) is 29.8. The minimum absolute atomic E-state index is 0.183. The van der Waals surface area contributed by atoms with Crippen molar-refractivity contribution in [2.24, 2.45) is 5.41 Å². The number of nitrogens with one attached hydrogen (secondary N) is 1. The normalized spacial score (nSPS) is 19.6. The van der Waals surface area contributed by atoms with Crippen molar-refractivity contribution in [3.05, 3.63) is 83.7 Å². The Balaban J connectivity index is 1.56. The van der Waals surface area contributed by atoms with E-state index in [-0.39, 0.29) is 17.9 Å². The first-order valence-corrected chi connectivity index (χ1v) is 14.0. The van der Waals surface area contributed by atoms with E-state index in [2.05, 4.69) is 41.3 Å². The number of amides is 1. The Kier molecular flexibility index (Phi) is 7.71. The first-order valence-electron chi connectivity index (χ1n) is 13.6. The first-order chi connectivity index (χ1) is 19.8. The standard InChI is InChI=1S/C30H34ClF2N7O2/c1-28(2,3)16-30(22-9-6-19(7-10-22)21-13-35-38(14-21)27(32)33)26(42)40(29(4,5)37-30)25(15-41)20-8-11-23(31)24(12-20)39-18-34-17-36-39/h6-14,17-18,25,27,37,41H,15-16H2,1-5H3/t25-,30-/m1/s1. The number of alkyl halides is 2. The number of hydrogen-bond acceptors (Lipinski definition) is 6. The molecule has 2 aromatic carbocycles. The van der Waals surface area contributed by atoms with Gasteiger partial charge in [0.15, 0.2) is 0 Å². The highest BCUT2D eigenvalue weighted by Gasteiger charge is 2.58. The molecule has 1 saturated heterocycles. The van der Waals surface area contributed by atoms with E-state index in [1.165, 1.54) is 29.7 Å². The van der Waals surface area contributed by atoms with Gasteiger partial charge in [0, 0.05) is 11.8 Å². The van der Waals surface area contributed by atoms with Gasteiger partial charge >= 0.3 is 6.55 Å². The Bertz CT molecular complexity index is 1570. The second-order valence-electron chi connectivity index (χ2n) is 12.3. The SMILES string of the molecule is CC(C)(C)C[C@]1(c2ccc(-c3cnn(C(F)F)c3)cc2)NC(C)(C)N([C@H](CO)c2ccc(Cl)c(-n3cncn3)c2)C1=O. The molecule has 9 nitrogen and oxygen atoms in total. The van der Waals surface area contributed by atoms with E-state index in [4.69, 9.17) is 11.6 Å². The molecule has 0 aliphatic carbocycles. The molecule has 3 heterocycles. The van der Waals surface area contributed by atoms with Gasteiger partial charge in [-0.25, -0.2) is 14.3 Å². The Morgan fingerprint density at radius 3 is 2.36 bits per heavy atom. The topological polar surface area (TPSA) is 101 Å². The van der Waals surface area contributed by atoms with Crippen molar-refractivity contribution in [2.75, 3.05) is 6.61 Å².